The molecule has 0 spiro atoms. The predicted molar refractivity (Wildman–Crippen MR) is 137 cm³/mol. The summed E-state index contributed by atoms with van der Waals surface area (Å²) in [7, 11) is 0. The Bertz CT molecular complexity index is 978. The van der Waals surface area contributed by atoms with Crippen molar-refractivity contribution in [3.8, 4) is 5.75 Å². The molecule has 1 aromatic rings. The standard InChI is InChI=1S/C26H38N6O3/c1-19-7-9-32(16-19)22-14-20-4-5-21(15-23(20)35-17-22)29-24(6-8-28-18-33)30-10-12-31(13-11-30)25(34)26(2,3)27/h4-6,8,15,18-19,22H,7,9-14,16-17,27H2,1-3H3,(H,28,33)/b8-6-,29-24+. The van der Waals surface area contributed by atoms with E-state index in [0.29, 0.717) is 45.2 Å². The van der Waals surface area contributed by atoms with Crippen LogP contribution in [0.3, 0.4) is 0 Å². The predicted octanol–water partition coefficient (Wildman–Crippen LogP) is 1.50. The molecule has 2 fully saturated rings. The number of ether oxygens (including phenoxy) is 1. The van der Waals surface area contributed by atoms with Gasteiger partial charge < -0.3 is 25.6 Å². The molecule has 2 atom stereocenters. The van der Waals surface area contributed by atoms with Gasteiger partial charge in [-0.15, -0.1) is 0 Å². The molecule has 3 heterocycles. The first kappa shape index (κ1) is 25.2. The lowest BCUT2D eigenvalue weighted by molar-refractivity contribution is -0.137. The second kappa shape index (κ2) is 10.8. The summed E-state index contributed by atoms with van der Waals surface area (Å²) in [5.74, 6) is 2.32. The molecule has 35 heavy (non-hydrogen) atoms. The van der Waals surface area contributed by atoms with Gasteiger partial charge >= 0.3 is 0 Å². The lowest BCUT2D eigenvalue weighted by atomic mass is 10.0. The van der Waals surface area contributed by atoms with E-state index in [9.17, 15) is 9.59 Å². The normalized spacial score (nSPS) is 23.8. The minimum absolute atomic E-state index is 0.0534. The first-order chi connectivity index (χ1) is 16.7. The van der Waals surface area contributed by atoms with E-state index in [1.807, 2.05) is 12.1 Å². The van der Waals surface area contributed by atoms with E-state index in [1.165, 1.54) is 12.0 Å². The highest BCUT2D eigenvalue weighted by atomic mass is 16.5. The van der Waals surface area contributed by atoms with Crippen LogP contribution in [0.15, 0.2) is 35.5 Å². The maximum atomic E-state index is 12.5. The van der Waals surface area contributed by atoms with Crippen LogP contribution in [0.4, 0.5) is 5.69 Å². The second-order valence-electron chi connectivity index (χ2n) is 10.4. The van der Waals surface area contributed by atoms with Crippen LogP contribution in [0.25, 0.3) is 0 Å². The molecule has 0 bridgehead atoms. The fourth-order valence-electron chi connectivity index (χ4n) is 5.00. The molecule has 0 aliphatic carbocycles. The van der Waals surface area contributed by atoms with E-state index in [1.54, 1.807) is 31.0 Å². The minimum atomic E-state index is -0.887. The number of amidine groups is 1. The summed E-state index contributed by atoms with van der Waals surface area (Å²) < 4.78 is 6.17. The van der Waals surface area contributed by atoms with Gasteiger partial charge in [-0.1, -0.05) is 13.0 Å². The number of rotatable bonds is 6. The Morgan fingerprint density at radius 2 is 1.94 bits per heavy atom. The number of aliphatic imine (C=N–C) groups is 1. The van der Waals surface area contributed by atoms with Gasteiger partial charge in [0, 0.05) is 51.0 Å². The molecule has 0 radical (unpaired) electrons. The van der Waals surface area contributed by atoms with Gasteiger partial charge in [0.2, 0.25) is 12.3 Å². The van der Waals surface area contributed by atoms with E-state index >= 15 is 0 Å². The highest BCUT2D eigenvalue weighted by molar-refractivity contribution is 5.95. The number of nitrogens with zero attached hydrogens (tertiary/aromatic N) is 4. The van der Waals surface area contributed by atoms with Crippen molar-refractivity contribution in [3.05, 3.63) is 36.0 Å². The quantitative estimate of drug-likeness (QED) is 0.362. The Hall–Kier alpha value is -2.91. The maximum absolute atomic E-state index is 12.5. The van der Waals surface area contributed by atoms with Crippen LogP contribution in [0, 0.1) is 5.92 Å². The van der Waals surface area contributed by atoms with E-state index < -0.39 is 5.54 Å². The average molecular weight is 483 g/mol. The minimum Gasteiger partial charge on any atom is -0.492 e. The fraction of sp³-hybridized carbons (Fsp3) is 0.577. The Kier molecular flexibility index (Phi) is 7.76. The highest BCUT2D eigenvalue weighted by Crippen LogP contribution is 2.32. The number of benzene rings is 1. The van der Waals surface area contributed by atoms with Gasteiger partial charge in [0.1, 0.15) is 18.2 Å². The molecule has 3 aliphatic heterocycles. The SMILES string of the molecule is CC1CCN(C2COc3cc(/N=C(\C=C/NC=O)N4CCN(C(=O)C(C)(C)N)CC4)ccc3C2)C1. The molecule has 3 aliphatic rings. The maximum Gasteiger partial charge on any atom is 0.242 e. The first-order valence-corrected chi connectivity index (χ1v) is 12.5. The van der Waals surface area contributed by atoms with Gasteiger partial charge in [-0.2, -0.15) is 0 Å². The highest BCUT2D eigenvalue weighted by Gasteiger charge is 2.31. The molecule has 9 heteroatoms. The molecule has 2 amide bonds. The lowest BCUT2D eigenvalue weighted by Gasteiger charge is -2.38. The van der Waals surface area contributed by atoms with Gasteiger partial charge in [-0.05, 0) is 56.9 Å². The number of carbonyl (C=O) groups excluding carboxylic acids is 2. The van der Waals surface area contributed by atoms with Crippen LogP contribution in [-0.4, -0.2) is 90.3 Å². The van der Waals surface area contributed by atoms with Gasteiger partial charge in [0.15, 0.2) is 0 Å². The van der Waals surface area contributed by atoms with Crippen molar-refractivity contribution in [1.82, 2.24) is 20.0 Å². The molecule has 3 N–H and O–H groups in total. The van der Waals surface area contributed by atoms with Crippen LogP contribution in [0.1, 0.15) is 32.8 Å². The van der Waals surface area contributed by atoms with Gasteiger partial charge in [-0.3, -0.25) is 14.5 Å². The summed E-state index contributed by atoms with van der Waals surface area (Å²) in [6.07, 6.45) is 6.24. The topological polar surface area (TPSA) is 104 Å². The number of hydrogen-bond donors (Lipinski definition) is 2. The summed E-state index contributed by atoms with van der Waals surface area (Å²) in [5.41, 5.74) is 7.12. The van der Waals surface area contributed by atoms with Gasteiger partial charge in [0.05, 0.1) is 11.2 Å². The number of nitrogens with one attached hydrogen (secondary N) is 1. The van der Waals surface area contributed by atoms with Crippen LogP contribution in [0.5, 0.6) is 5.75 Å². The molecule has 190 valence electrons. The summed E-state index contributed by atoms with van der Waals surface area (Å²) >= 11 is 0. The number of carbonyl (C=O) groups is 2. The van der Waals surface area contributed by atoms with Crippen molar-refractivity contribution >= 4 is 23.8 Å². The third-order valence-electron chi connectivity index (χ3n) is 6.99. The smallest absolute Gasteiger partial charge is 0.242 e. The van der Waals surface area contributed by atoms with E-state index in [2.05, 4.69) is 28.1 Å². The molecule has 2 unspecified atom stereocenters. The zero-order chi connectivity index (χ0) is 25.0. The van der Waals surface area contributed by atoms with Crippen LogP contribution < -0.4 is 15.8 Å². The number of hydrogen-bond acceptors (Lipinski definition) is 6. The van der Waals surface area contributed by atoms with Gasteiger partial charge in [0.25, 0.3) is 0 Å². The molecule has 9 nitrogen and oxygen atoms in total. The monoisotopic (exact) mass is 482 g/mol. The Morgan fingerprint density at radius 3 is 2.60 bits per heavy atom. The number of amides is 2. The van der Waals surface area contributed by atoms with Crippen LogP contribution in [0.2, 0.25) is 0 Å². The average Bonchev–Trinajstić information content (AvgIpc) is 3.28. The van der Waals surface area contributed by atoms with E-state index in [4.69, 9.17) is 15.5 Å². The van der Waals surface area contributed by atoms with Crippen molar-refractivity contribution in [3.63, 3.8) is 0 Å². The third kappa shape index (κ3) is 6.21. The molecule has 4 rings (SSSR count). The number of likely N-dealkylation sites (tertiary alicyclic amines) is 1. The Balaban J connectivity index is 1.47. The van der Waals surface area contributed by atoms with Crippen molar-refractivity contribution in [2.24, 2.45) is 16.6 Å². The second-order valence-corrected chi connectivity index (χ2v) is 10.4. The summed E-state index contributed by atoms with van der Waals surface area (Å²) in [6.45, 7) is 11.2. The Labute approximate surface area is 208 Å². The summed E-state index contributed by atoms with van der Waals surface area (Å²) in [5, 5.41) is 2.56. The Morgan fingerprint density at radius 1 is 1.20 bits per heavy atom. The number of nitrogens with two attached hydrogens (primary N) is 1. The zero-order valence-corrected chi connectivity index (χ0v) is 21.1. The van der Waals surface area contributed by atoms with Crippen LogP contribution in [-0.2, 0) is 16.0 Å². The molecule has 0 saturated carbocycles. The van der Waals surface area contributed by atoms with Crippen molar-refractivity contribution in [2.75, 3.05) is 45.9 Å². The summed E-state index contributed by atoms with van der Waals surface area (Å²) in [4.78, 5) is 34.6. The largest absolute Gasteiger partial charge is 0.492 e. The van der Waals surface area contributed by atoms with E-state index in [-0.39, 0.29) is 5.91 Å². The molecule has 1 aromatic carbocycles. The van der Waals surface area contributed by atoms with Crippen molar-refractivity contribution in [1.29, 1.82) is 0 Å². The first-order valence-electron chi connectivity index (χ1n) is 12.5. The van der Waals surface area contributed by atoms with Crippen LogP contribution >= 0.6 is 0 Å². The van der Waals surface area contributed by atoms with E-state index in [0.717, 1.165) is 42.7 Å². The van der Waals surface area contributed by atoms with Crippen molar-refractivity contribution in [2.45, 2.75) is 45.2 Å². The lowest BCUT2D eigenvalue weighted by Crippen LogP contribution is -2.57. The summed E-state index contributed by atoms with van der Waals surface area (Å²) in [6, 6.07) is 6.57. The zero-order valence-electron chi connectivity index (χ0n) is 21.1. The number of piperazine rings is 1. The molecular weight excluding hydrogens is 444 g/mol. The molecular formula is C26H38N6O3. The molecule has 2 saturated heterocycles. The third-order valence-corrected chi connectivity index (χ3v) is 6.99. The fourth-order valence-corrected chi connectivity index (χ4v) is 5.00. The van der Waals surface area contributed by atoms with Gasteiger partial charge in [-0.25, -0.2) is 4.99 Å². The number of fused-ring (bicyclic) bond motifs is 1. The molecule has 0 aromatic heterocycles. The van der Waals surface area contributed by atoms with Crippen molar-refractivity contribution < 1.29 is 14.3 Å².